The number of hydrogen-bond donors (Lipinski definition) is 2. The van der Waals surface area contributed by atoms with Gasteiger partial charge in [-0.2, -0.15) is 0 Å². The first-order chi connectivity index (χ1) is 9.24. The highest BCUT2D eigenvalue weighted by Crippen LogP contribution is 2.29. The van der Waals surface area contributed by atoms with Crippen molar-refractivity contribution in [2.24, 2.45) is 5.92 Å². The maximum Gasteiger partial charge on any atom is 0.325 e. The van der Waals surface area contributed by atoms with Crippen molar-refractivity contribution in [3.05, 3.63) is 42.1 Å². The van der Waals surface area contributed by atoms with Crippen LogP contribution >= 0.6 is 0 Å². The molecule has 4 nitrogen and oxygen atoms in total. The number of aliphatic carboxylic acids is 1. The molecule has 1 aliphatic rings. The number of hydrogen-bond acceptors (Lipinski definition) is 3. The molecule has 1 saturated carbocycles. The minimum Gasteiger partial charge on any atom is -0.480 e. The van der Waals surface area contributed by atoms with Gasteiger partial charge in [-0.1, -0.05) is 12.1 Å². The van der Waals surface area contributed by atoms with Crippen molar-refractivity contribution in [3.8, 4) is 0 Å². The predicted molar refractivity (Wildman–Crippen MR) is 72.8 cm³/mol. The molecule has 1 aromatic heterocycles. The van der Waals surface area contributed by atoms with Crippen molar-refractivity contribution < 1.29 is 9.90 Å². The Labute approximate surface area is 111 Å². The lowest BCUT2D eigenvalue weighted by atomic mass is 10.0. The lowest BCUT2D eigenvalue weighted by molar-refractivity contribution is -0.139. The Morgan fingerprint density at radius 1 is 1.42 bits per heavy atom. The van der Waals surface area contributed by atoms with Gasteiger partial charge in [-0.3, -0.25) is 9.78 Å². The standard InChI is InChI=1S/C15H16N2O2/c18-15(19)14(17-9-10-3-4-10)12-5-6-13-11(8-12)2-1-7-16-13/h1-2,5-8,10,14,17H,3-4,9H2,(H,18,19). The van der Waals surface area contributed by atoms with Crippen molar-refractivity contribution in [3.63, 3.8) is 0 Å². The van der Waals surface area contributed by atoms with Crippen LogP contribution in [0.2, 0.25) is 0 Å². The zero-order chi connectivity index (χ0) is 13.2. The Hall–Kier alpha value is -1.94. The van der Waals surface area contributed by atoms with Crippen LogP contribution in [-0.4, -0.2) is 22.6 Å². The third kappa shape index (κ3) is 2.74. The number of pyridine rings is 1. The van der Waals surface area contributed by atoms with Crippen molar-refractivity contribution in [1.29, 1.82) is 0 Å². The Morgan fingerprint density at radius 3 is 3.00 bits per heavy atom. The van der Waals surface area contributed by atoms with Crippen LogP contribution in [0.5, 0.6) is 0 Å². The summed E-state index contributed by atoms with van der Waals surface area (Å²) in [4.78, 5) is 15.6. The number of benzene rings is 1. The van der Waals surface area contributed by atoms with Gasteiger partial charge in [0.2, 0.25) is 0 Å². The molecule has 98 valence electrons. The second kappa shape index (κ2) is 4.97. The summed E-state index contributed by atoms with van der Waals surface area (Å²) < 4.78 is 0. The summed E-state index contributed by atoms with van der Waals surface area (Å²) in [5, 5.41) is 13.5. The molecule has 0 bridgehead atoms. The lowest BCUT2D eigenvalue weighted by Gasteiger charge is -2.15. The number of nitrogens with zero attached hydrogens (tertiary/aromatic N) is 1. The average Bonchev–Trinajstić information content (AvgIpc) is 3.22. The highest BCUT2D eigenvalue weighted by atomic mass is 16.4. The summed E-state index contributed by atoms with van der Waals surface area (Å²) in [6, 6.07) is 8.80. The third-order valence-corrected chi connectivity index (χ3v) is 3.51. The topological polar surface area (TPSA) is 62.2 Å². The normalized spacial score (nSPS) is 16.4. The van der Waals surface area contributed by atoms with Crippen LogP contribution in [0.4, 0.5) is 0 Å². The summed E-state index contributed by atoms with van der Waals surface area (Å²) in [5.41, 5.74) is 1.67. The van der Waals surface area contributed by atoms with E-state index in [9.17, 15) is 9.90 Å². The third-order valence-electron chi connectivity index (χ3n) is 3.51. The van der Waals surface area contributed by atoms with Crippen molar-refractivity contribution >= 4 is 16.9 Å². The quantitative estimate of drug-likeness (QED) is 0.862. The van der Waals surface area contributed by atoms with E-state index in [4.69, 9.17) is 0 Å². The van der Waals surface area contributed by atoms with Gasteiger partial charge in [0.25, 0.3) is 0 Å². The molecule has 0 radical (unpaired) electrons. The molecular formula is C15H16N2O2. The number of carboxylic acid groups (broad SMARTS) is 1. The minimum atomic E-state index is -0.830. The average molecular weight is 256 g/mol. The first-order valence-electron chi connectivity index (χ1n) is 6.55. The van der Waals surface area contributed by atoms with E-state index in [-0.39, 0.29) is 0 Å². The Kier molecular flexibility index (Phi) is 3.17. The molecule has 1 aromatic carbocycles. The Bertz CT molecular complexity index is 608. The highest BCUT2D eigenvalue weighted by Gasteiger charge is 2.25. The van der Waals surface area contributed by atoms with E-state index >= 15 is 0 Å². The molecule has 0 amide bonds. The second-order valence-corrected chi connectivity index (χ2v) is 5.08. The zero-order valence-corrected chi connectivity index (χ0v) is 10.5. The van der Waals surface area contributed by atoms with E-state index in [2.05, 4.69) is 10.3 Å². The molecule has 0 aliphatic heterocycles. The van der Waals surface area contributed by atoms with Crippen molar-refractivity contribution in [2.75, 3.05) is 6.54 Å². The summed E-state index contributed by atoms with van der Waals surface area (Å²) in [5.74, 6) is -0.173. The fourth-order valence-electron chi connectivity index (χ4n) is 2.23. The Morgan fingerprint density at radius 2 is 2.26 bits per heavy atom. The van der Waals surface area contributed by atoms with Crippen molar-refractivity contribution in [1.82, 2.24) is 10.3 Å². The summed E-state index contributed by atoms with van der Waals surface area (Å²) >= 11 is 0. The van der Waals surface area contributed by atoms with E-state index in [1.165, 1.54) is 12.8 Å². The van der Waals surface area contributed by atoms with E-state index in [1.54, 1.807) is 6.20 Å². The van der Waals surface area contributed by atoms with Gasteiger partial charge in [-0.15, -0.1) is 0 Å². The first-order valence-corrected chi connectivity index (χ1v) is 6.55. The molecule has 1 aliphatic carbocycles. The molecular weight excluding hydrogens is 240 g/mol. The number of carboxylic acids is 1. The van der Waals surface area contributed by atoms with E-state index < -0.39 is 12.0 Å². The fraction of sp³-hybridized carbons (Fsp3) is 0.333. The van der Waals surface area contributed by atoms with Crippen LogP contribution in [0.3, 0.4) is 0 Å². The van der Waals surface area contributed by atoms with Crippen LogP contribution in [0, 0.1) is 5.92 Å². The summed E-state index contributed by atoms with van der Waals surface area (Å²) in [6.07, 6.45) is 4.16. The number of rotatable bonds is 5. The van der Waals surface area contributed by atoms with Crippen LogP contribution in [0.25, 0.3) is 10.9 Å². The maximum absolute atomic E-state index is 11.4. The number of aromatic nitrogens is 1. The van der Waals surface area contributed by atoms with Gasteiger partial charge in [0.15, 0.2) is 0 Å². The van der Waals surface area contributed by atoms with Crippen molar-refractivity contribution in [2.45, 2.75) is 18.9 Å². The molecule has 0 saturated heterocycles. The predicted octanol–water partition coefficient (Wildman–Crippen LogP) is 2.36. The van der Waals surface area contributed by atoms with Gasteiger partial charge in [0, 0.05) is 11.6 Å². The number of nitrogens with one attached hydrogen (secondary N) is 1. The number of fused-ring (bicyclic) bond motifs is 1. The lowest BCUT2D eigenvalue weighted by Crippen LogP contribution is -2.30. The number of carbonyl (C=O) groups is 1. The molecule has 0 spiro atoms. The highest BCUT2D eigenvalue weighted by molar-refractivity contribution is 5.82. The van der Waals surface area contributed by atoms with Gasteiger partial charge in [0.05, 0.1) is 5.52 Å². The van der Waals surface area contributed by atoms with E-state index in [0.29, 0.717) is 5.92 Å². The molecule has 1 unspecified atom stereocenters. The van der Waals surface area contributed by atoms with Gasteiger partial charge in [0.1, 0.15) is 6.04 Å². The minimum absolute atomic E-state index is 0.634. The molecule has 1 fully saturated rings. The molecule has 19 heavy (non-hydrogen) atoms. The smallest absolute Gasteiger partial charge is 0.325 e. The zero-order valence-electron chi connectivity index (χ0n) is 10.5. The molecule has 3 rings (SSSR count). The molecule has 1 heterocycles. The second-order valence-electron chi connectivity index (χ2n) is 5.08. The van der Waals surface area contributed by atoms with Crippen LogP contribution in [0.15, 0.2) is 36.5 Å². The molecule has 4 heteroatoms. The van der Waals surface area contributed by atoms with E-state index in [1.807, 2.05) is 30.3 Å². The molecule has 1 atom stereocenters. The fourth-order valence-corrected chi connectivity index (χ4v) is 2.23. The van der Waals surface area contributed by atoms with Crippen LogP contribution < -0.4 is 5.32 Å². The van der Waals surface area contributed by atoms with Crippen LogP contribution in [0.1, 0.15) is 24.4 Å². The van der Waals surface area contributed by atoms with Gasteiger partial charge in [-0.05, 0) is 49.1 Å². The van der Waals surface area contributed by atoms with Gasteiger partial charge >= 0.3 is 5.97 Å². The largest absolute Gasteiger partial charge is 0.480 e. The van der Waals surface area contributed by atoms with Gasteiger partial charge in [-0.25, -0.2) is 0 Å². The SMILES string of the molecule is O=C(O)C(NCC1CC1)c1ccc2ncccc2c1. The first kappa shape index (κ1) is 12.1. The maximum atomic E-state index is 11.4. The summed E-state index contributed by atoms with van der Waals surface area (Å²) in [7, 11) is 0. The monoisotopic (exact) mass is 256 g/mol. The van der Waals surface area contributed by atoms with Crippen LogP contribution in [-0.2, 0) is 4.79 Å². The summed E-state index contributed by atoms with van der Waals surface area (Å²) in [6.45, 7) is 0.780. The van der Waals surface area contributed by atoms with E-state index in [0.717, 1.165) is 23.0 Å². The molecule has 2 aromatic rings. The van der Waals surface area contributed by atoms with Gasteiger partial charge < -0.3 is 10.4 Å². The molecule has 2 N–H and O–H groups in total. The Balaban J connectivity index is 1.87.